The second kappa shape index (κ2) is 8.02. The van der Waals surface area contributed by atoms with E-state index in [2.05, 4.69) is 10.3 Å². The van der Waals surface area contributed by atoms with Gasteiger partial charge in [-0.2, -0.15) is 0 Å². The fourth-order valence-electron chi connectivity index (χ4n) is 3.99. The van der Waals surface area contributed by atoms with Crippen LogP contribution in [0.2, 0.25) is 0 Å². The number of nitrogens with one attached hydrogen (secondary N) is 1. The lowest BCUT2D eigenvalue weighted by molar-refractivity contribution is -0.152. The van der Waals surface area contributed by atoms with Crippen LogP contribution in [0.5, 0.6) is 0 Å². The zero-order chi connectivity index (χ0) is 21.4. The molecule has 30 heavy (non-hydrogen) atoms. The highest BCUT2D eigenvalue weighted by atomic mass is 32.1. The molecule has 1 saturated heterocycles. The van der Waals surface area contributed by atoms with Gasteiger partial charge in [0.25, 0.3) is 5.91 Å². The summed E-state index contributed by atoms with van der Waals surface area (Å²) in [7, 11) is 1.30. The molecule has 2 atom stereocenters. The highest BCUT2D eigenvalue weighted by Crippen LogP contribution is 2.34. The minimum atomic E-state index is -0.595. The van der Waals surface area contributed by atoms with E-state index >= 15 is 0 Å². The summed E-state index contributed by atoms with van der Waals surface area (Å²) < 4.78 is 9.94. The number of aryl methyl sites for hydroxylation is 1. The summed E-state index contributed by atoms with van der Waals surface area (Å²) in [5.41, 5.74) is 0.896. The Kier molecular flexibility index (Phi) is 5.42. The number of esters is 1. The SMILES string of the molecule is COC(=O)[C@@H]1CCCN1C(=O)[C@H]1CC(=O)c2sc(NC(=O)c3ccoc3C)nc2C1. The molecule has 0 unspecified atom stereocenters. The van der Waals surface area contributed by atoms with Crippen molar-refractivity contribution in [1.29, 1.82) is 0 Å². The smallest absolute Gasteiger partial charge is 0.328 e. The van der Waals surface area contributed by atoms with Gasteiger partial charge < -0.3 is 14.1 Å². The number of aromatic nitrogens is 1. The zero-order valence-corrected chi connectivity index (χ0v) is 17.4. The van der Waals surface area contributed by atoms with E-state index in [1.807, 2.05) is 0 Å². The number of methoxy groups -OCH3 is 1. The van der Waals surface area contributed by atoms with Gasteiger partial charge in [0.2, 0.25) is 5.91 Å². The first-order valence-corrected chi connectivity index (χ1v) is 10.5. The van der Waals surface area contributed by atoms with Crippen LogP contribution in [0, 0.1) is 12.8 Å². The van der Waals surface area contributed by atoms with Crippen LogP contribution < -0.4 is 5.32 Å². The molecule has 0 radical (unpaired) electrons. The molecule has 4 rings (SSSR count). The number of amides is 2. The minimum Gasteiger partial charge on any atom is -0.469 e. The van der Waals surface area contributed by atoms with Crippen molar-refractivity contribution in [1.82, 2.24) is 9.88 Å². The first kappa shape index (κ1) is 20.3. The second-order valence-electron chi connectivity index (χ2n) is 7.38. The summed E-state index contributed by atoms with van der Waals surface area (Å²) in [4.78, 5) is 56.4. The van der Waals surface area contributed by atoms with E-state index in [0.717, 1.165) is 17.8 Å². The number of nitrogens with zero attached hydrogens (tertiary/aromatic N) is 2. The van der Waals surface area contributed by atoms with Gasteiger partial charge in [0.15, 0.2) is 10.9 Å². The largest absolute Gasteiger partial charge is 0.469 e. The fourth-order valence-corrected chi connectivity index (χ4v) is 4.93. The normalized spacial score (nSPS) is 20.7. The van der Waals surface area contributed by atoms with Crippen molar-refractivity contribution in [2.24, 2.45) is 5.92 Å². The topological polar surface area (TPSA) is 119 Å². The quantitative estimate of drug-likeness (QED) is 0.737. The van der Waals surface area contributed by atoms with Crippen LogP contribution in [0.3, 0.4) is 0 Å². The molecule has 0 spiro atoms. The summed E-state index contributed by atoms with van der Waals surface area (Å²) in [5, 5.41) is 3.00. The summed E-state index contributed by atoms with van der Waals surface area (Å²) in [6, 6.07) is 0.966. The number of ketones is 1. The van der Waals surface area contributed by atoms with Gasteiger partial charge in [0, 0.05) is 19.4 Å². The van der Waals surface area contributed by atoms with Crippen molar-refractivity contribution in [3.63, 3.8) is 0 Å². The van der Waals surface area contributed by atoms with Crippen LogP contribution >= 0.6 is 11.3 Å². The van der Waals surface area contributed by atoms with E-state index in [0.29, 0.717) is 46.4 Å². The number of thiazole rings is 1. The van der Waals surface area contributed by atoms with Crippen molar-refractivity contribution in [3.8, 4) is 0 Å². The lowest BCUT2D eigenvalue weighted by atomic mass is 9.88. The van der Waals surface area contributed by atoms with Gasteiger partial charge in [0.05, 0.1) is 35.4 Å². The molecule has 158 valence electrons. The Morgan fingerprint density at radius 1 is 1.33 bits per heavy atom. The van der Waals surface area contributed by atoms with Gasteiger partial charge in [-0.15, -0.1) is 0 Å². The fraction of sp³-hybridized carbons (Fsp3) is 0.450. The zero-order valence-electron chi connectivity index (χ0n) is 16.6. The van der Waals surface area contributed by atoms with Crippen molar-refractivity contribution in [2.45, 2.75) is 38.6 Å². The maximum Gasteiger partial charge on any atom is 0.328 e. The Bertz CT molecular complexity index is 1030. The third kappa shape index (κ3) is 3.62. The number of furan rings is 1. The van der Waals surface area contributed by atoms with Crippen molar-refractivity contribution in [3.05, 3.63) is 34.2 Å². The van der Waals surface area contributed by atoms with Crippen LogP contribution in [-0.2, 0) is 20.7 Å². The van der Waals surface area contributed by atoms with Crippen LogP contribution in [0.1, 0.15) is 50.7 Å². The molecule has 1 N–H and O–H groups in total. The highest BCUT2D eigenvalue weighted by Gasteiger charge is 2.41. The van der Waals surface area contributed by atoms with Crippen molar-refractivity contribution < 1.29 is 28.3 Å². The summed E-state index contributed by atoms with van der Waals surface area (Å²) in [5.74, 6) is -1.30. The van der Waals surface area contributed by atoms with Gasteiger partial charge in [-0.05, 0) is 25.8 Å². The molecule has 0 saturated carbocycles. The number of rotatable bonds is 4. The van der Waals surface area contributed by atoms with Gasteiger partial charge in [-0.1, -0.05) is 11.3 Å². The summed E-state index contributed by atoms with van der Waals surface area (Å²) in [6.45, 7) is 2.15. The number of ether oxygens (including phenoxy) is 1. The number of fused-ring (bicyclic) bond motifs is 1. The van der Waals surface area contributed by atoms with E-state index in [1.165, 1.54) is 18.3 Å². The molecule has 1 aliphatic carbocycles. The third-order valence-electron chi connectivity index (χ3n) is 5.50. The molecule has 1 aliphatic heterocycles. The number of carbonyl (C=O) groups is 4. The highest BCUT2D eigenvalue weighted by molar-refractivity contribution is 7.17. The van der Waals surface area contributed by atoms with E-state index in [-0.39, 0.29) is 24.0 Å². The van der Waals surface area contributed by atoms with E-state index in [1.54, 1.807) is 13.0 Å². The number of hydrogen-bond donors (Lipinski definition) is 1. The molecule has 2 aromatic heterocycles. The monoisotopic (exact) mass is 431 g/mol. The molecule has 2 amide bonds. The number of anilines is 1. The average molecular weight is 431 g/mol. The van der Waals surface area contributed by atoms with E-state index in [4.69, 9.17) is 9.15 Å². The van der Waals surface area contributed by atoms with Gasteiger partial charge in [-0.25, -0.2) is 9.78 Å². The Morgan fingerprint density at radius 2 is 2.13 bits per heavy atom. The second-order valence-corrected chi connectivity index (χ2v) is 8.38. The molecule has 1 fully saturated rings. The molecular weight excluding hydrogens is 410 g/mol. The van der Waals surface area contributed by atoms with Crippen molar-refractivity contribution in [2.75, 3.05) is 19.0 Å². The summed E-state index contributed by atoms with van der Waals surface area (Å²) in [6.07, 6.45) is 3.06. The number of hydrogen-bond acceptors (Lipinski definition) is 8. The number of likely N-dealkylation sites (tertiary alicyclic amines) is 1. The first-order valence-electron chi connectivity index (χ1n) is 9.65. The molecule has 10 heteroatoms. The van der Waals surface area contributed by atoms with Gasteiger partial charge in [-0.3, -0.25) is 19.7 Å². The Morgan fingerprint density at radius 3 is 2.83 bits per heavy atom. The van der Waals surface area contributed by atoms with Crippen molar-refractivity contribution >= 4 is 40.0 Å². The summed E-state index contributed by atoms with van der Waals surface area (Å²) >= 11 is 1.11. The molecule has 9 nitrogen and oxygen atoms in total. The Balaban J connectivity index is 1.49. The molecule has 2 aromatic rings. The molecule has 0 aromatic carbocycles. The molecule has 3 heterocycles. The Labute approximate surface area is 176 Å². The van der Waals surface area contributed by atoms with Crippen LogP contribution in [-0.4, -0.2) is 53.1 Å². The predicted molar refractivity (Wildman–Crippen MR) is 106 cm³/mol. The van der Waals surface area contributed by atoms with E-state index < -0.39 is 17.9 Å². The number of carbonyl (C=O) groups excluding carboxylic acids is 4. The molecular formula is C20H21N3O6S. The lowest BCUT2D eigenvalue weighted by Crippen LogP contribution is -2.45. The maximum absolute atomic E-state index is 13.0. The lowest BCUT2D eigenvalue weighted by Gasteiger charge is -2.28. The van der Waals surface area contributed by atoms with Crippen LogP contribution in [0.15, 0.2) is 16.7 Å². The van der Waals surface area contributed by atoms with Crippen LogP contribution in [0.25, 0.3) is 0 Å². The third-order valence-corrected chi connectivity index (χ3v) is 6.56. The first-order chi connectivity index (χ1) is 14.4. The number of Topliss-reactive ketones (excluding diaryl/α,β-unsaturated/α-hetero) is 1. The van der Waals surface area contributed by atoms with Gasteiger partial charge >= 0.3 is 5.97 Å². The minimum absolute atomic E-state index is 0.0621. The molecule has 2 aliphatic rings. The average Bonchev–Trinajstić information content (AvgIpc) is 3.45. The van der Waals surface area contributed by atoms with Crippen LogP contribution in [0.4, 0.5) is 5.13 Å². The van der Waals surface area contributed by atoms with Gasteiger partial charge in [0.1, 0.15) is 11.8 Å². The predicted octanol–water partition coefficient (Wildman–Crippen LogP) is 2.21. The Hall–Kier alpha value is -3.01. The molecule has 0 bridgehead atoms. The standard InChI is InChI=1S/C20H21N3O6S/c1-10-12(5-7-29-10)17(25)22-20-21-13-8-11(9-15(24)16(13)30-20)18(26)23-6-3-4-14(23)19(27)28-2/h5,7,11,14H,3-4,6,8-9H2,1-2H3,(H,21,22,25)/t11-,14+/m1/s1. The maximum atomic E-state index is 13.0. The van der Waals surface area contributed by atoms with E-state index in [9.17, 15) is 19.2 Å².